The summed E-state index contributed by atoms with van der Waals surface area (Å²) in [4.78, 5) is 27.5. The Labute approximate surface area is 176 Å². The van der Waals surface area contributed by atoms with Gasteiger partial charge in [-0.25, -0.2) is 0 Å². The van der Waals surface area contributed by atoms with E-state index in [-0.39, 0.29) is 23.8 Å². The lowest BCUT2D eigenvalue weighted by molar-refractivity contribution is -0.125. The Hall–Kier alpha value is -2.57. The summed E-state index contributed by atoms with van der Waals surface area (Å²) in [5.74, 6) is 0.230. The summed E-state index contributed by atoms with van der Waals surface area (Å²) in [7, 11) is 1.54. The minimum atomic E-state index is -0.383. The van der Waals surface area contributed by atoms with Crippen LogP contribution < -0.4 is 15.4 Å². The Balaban J connectivity index is 1.61. The predicted molar refractivity (Wildman–Crippen MR) is 115 cm³/mol. The van der Waals surface area contributed by atoms with Crippen LogP contribution in [0.2, 0.25) is 5.02 Å². The van der Waals surface area contributed by atoms with Crippen molar-refractivity contribution < 1.29 is 14.3 Å². The Morgan fingerprint density at radius 2 is 1.93 bits per heavy atom. The monoisotopic (exact) mass is 415 g/mol. The summed E-state index contributed by atoms with van der Waals surface area (Å²) in [5.41, 5.74) is 1.32. The van der Waals surface area contributed by atoms with E-state index >= 15 is 0 Å². The van der Waals surface area contributed by atoms with Gasteiger partial charge in [0.1, 0.15) is 5.75 Å². The van der Waals surface area contributed by atoms with Gasteiger partial charge in [0.15, 0.2) is 0 Å². The summed E-state index contributed by atoms with van der Waals surface area (Å²) in [6, 6.07) is 14.1. The molecule has 0 aromatic heterocycles. The number of likely N-dealkylation sites (tertiary alicyclic amines) is 1. The SMILES string of the molecule is COc1ccc(Cl)cc1NC(=O)[C@H](C)N1CCC[C@H](C(=O)Nc2ccccc2)C1. The number of rotatable bonds is 6. The standard InChI is InChI=1S/C22H26ClN3O3/c1-15(21(27)25-19-13-17(23)10-11-20(19)29-2)26-12-6-7-16(14-26)22(28)24-18-8-4-3-5-9-18/h3-5,8-11,13,15-16H,6-7,12,14H2,1-2H3,(H,24,28)(H,25,27)/t15-,16-/m0/s1. The molecule has 3 rings (SSSR count). The molecule has 7 heteroatoms. The number of nitrogens with zero attached hydrogens (tertiary/aromatic N) is 1. The van der Waals surface area contributed by atoms with E-state index in [2.05, 4.69) is 10.6 Å². The molecule has 29 heavy (non-hydrogen) atoms. The number of benzene rings is 2. The molecule has 2 N–H and O–H groups in total. The largest absolute Gasteiger partial charge is 0.495 e. The molecule has 0 saturated carbocycles. The van der Waals surface area contributed by atoms with E-state index in [1.807, 2.05) is 42.2 Å². The molecule has 1 heterocycles. The second-order valence-electron chi connectivity index (χ2n) is 7.20. The number of nitrogens with one attached hydrogen (secondary N) is 2. The highest BCUT2D eigenvalue weighted by Crippen LogP contribution is 2.28. The van der Waals surface area contributed by atoms with E-state index in [9.17, 15) is 9.59 Å². The third-order valence-corrected chi connectivity index (χ3v) is 5.45. The van der Waals surface area contributed by atoms with Gasteiger partial charge in [0.05, 0.1) is 24.8 Å². The molecule has 1 fully saturated rings. The van der Waals surface area contributed by atoms with Crippen molar-refractivity contribution >= 4 is 34.8 Å². The zero-order chi connectivity index (χ0) is 20.8. The molecule has 6 nitrogen and oxygen atoms in total. The number of hydrogen-bond donors (Lipinski definition) is 2. The van der Waals surface area contributed by atoms with Crippen molar-refractivity contribution in [1.82, 2.24) is 4.90 Å². The normalized spacial score (nSPS) is 18.0. The Kier molecular flexibility index (Phi) is 7.12. The predicted octanol–water partition coefficient (Wildman–Crippen LogP) is 4.03. The van der Waals surface area contributed by atoms with Gasteiger partial charge in [-0.15, -0.1) is 0 Å². The maximum atomic E-state index is 12.8. The van der Waals surface area contributed by atoms with E-state index < -0.39 is 0 Å². The van der Waals surface area contributed by atoms with Gasteiger partial charge in [-0.05, 0) is 56.6 Å². The lowest BCUT2D eigenvalue weighted by Crippen LogP contribution is -2.49. The number of piperidine rings is 1. The zero-order valence-corrected chi connectivity index (χ0v) is 17.4. The third kappa shape index (κ3) is 5.49. The van der Waals surface area contributed by atoms with Gasteiger partial charge in [-0.3, -0.25) is 14.5 Å². The molecule has 0 aliphatic carbocycles. The van der Waals surface area contributed by atoms with Gasteiger partial charge in [-0.2, -0.15) is 0 Å². The van der Waals surface area contributed by atoms with E-state index in [1.54, 1.807) is 25.3 Å². The summed E-state index contributed by atoms with van der Waals surface area (Å²) in [6.07, 6.45) is 1.68. The molecular formula is C22H26ClN3O3. The van der Waals surface area contributed by atoms with E-state index in [0.29, 0.717) is 23.0 Å². The maximum Gasteiger partial charge on any atom is 0.241 e. The second kappa shape index (κ2) is 9.76. The highest BCUT2D eigenvalue weighted by Gasteiger charge is 2.31. The minimum Gasteiger partial charge on any atom is -0.495 e. The first-order valence-corrected chi connectivity index (χ1v) is 10.1. The number of carbonyl (C=O) groups excluding carboxylic acids is 2. The number of para-hydroxylation sites is 1. The molecular weight excluding hydrogens is 390 g/mol. The van der Waals surface area contributed by atoms with Crippen molar-refractivity contribution in [3.05, 3.63) is 53.6 Å². The first-order valence-electron chi connectivity index (χ1n) is 9.72. The smallest absolute Gasteiger partial charge is 0.241 e. The van der Waals surface area contributed by atoms with Crippen LogP contribution in [0.3, 0.4) is 0 Å². The van der Waals surface area contributed by atoms with Crippen molar-refractivity contribution in [2.45, 2.75) is 25.8 Å². The number of anilines is 2. The molecule has 2 aromatic rings. The van der Waals surface area contributed by atoms with E-state index in [1.165, 1.54) is 0 Å². The average Bonchev–Trinajstić information content (AvgIpc) is 2.74. The second-order valence-corrected chi connectivity index (χ2v) is 7.64. The van der Waals surface area contributed by atoms with Gasteiger partial charge in [0.25, 0.3) is 0 Å². The Bertz CT molecular complexity index is 860. The van der Waals surface area contributed by atoms with Crippen molar-refractivity contribution in [2.24, 2.45) is 5.92 Å². The maximum absolute atomic E-state index is 12.8. The number of carbonyl (C=O) groups is 2. The van der Waals surface area contributed by atoms with Crippen LogP contribution in [0.15, 0.2) is 48.5 Å². The lowest BCUT2D eigenvalue weighted by atomic mass is 9.95. The Morgan fingerprint density at radius 3 is 2.66 bits per heavy atom. The topological polar surface area (TPSA) is 70.7 Å². The fraction of sp³-hybridized carbons (Fsp3) is 0.364. The van der Waals surface area contributed by atoms with Gasteiger partial charge in [0.2, 0.25) is 11.8 Å². The van der Waals surface area contributed by atoms with Gasteiger partial charge < -0.3 is 15.4 Å². The fourth-order valence-corrected chi connectivity index (χ4v) is 3.69. The van der Waals surface area contributed by atoms with Crippen LogP contribution in [-0.4, -0.2) is 43.0 Å². The summed E-state index contributed by atoms with van der Waals surface area (Å²) >= 11 is 6.04. The fourth-order valence-electron chi connectivity index (χ4n) is 3.52. The van der Waals surface area contributed by atoms with Gasteiger partial charge in [-0.1, -0.05) is 29.8 Å². The van der Waals surface area contributed by atoms with Crippen molar-refractivity contribution in [3.8, 4) is 5.75 Å². The molecule has 0 bridgehead atoms. The molecule has 1 aliphatic heterocycles. The van der Waals surface area contributed by atoms with Crippen LogP contribution in [0.1, 0.15) is 19.8 Å². The van der Waals surface area contributed by atoms with Gasteiger partial charge >= 0.3 is 0 Å². The number of amides is 2. The van der Waals surface area contributed by atoms with Crippen LogP contribution in [0, 0.1) is 5.92 Å². The third-order valence-electron chi connectivity index (χ3n) is 5.21. The molecule has 1 saturated heterocycles. The zero-order valence-electron chi connectivity index (χ0n) is 16.7. The van der Waals surface area contributed by atoms with E-state index in [4.69, 9.17) is 16.3 Å². The molecule has 0 spiro atoms. The summed E-state index contributed by atoms with van der Waals surface area (Å²) in [6.45, 7) is 3.17. The van der Waals surface area contributed by atoms with Crippen LogP contribution >= 0.6 is 11.6 Å². The molecule has 2 amide bonds. The quantitative estimate of drug-likeness (QED) is 0.747. The van der Waals surface area contributed by atoms with Crippen LogP contribution in [0.4, 0.5) is 11.4 Å². The number of ether oxygens (including phenoxy) is 1. The van der Waals surface area contributed by atoms with Crippen molar-refractivity contribution in [2.75, 3.05) is 30.8 Å². The van der Waals surface area contributed by atoms with E-state index in [0.717, 1.165) is 25.1 Å². The van der Waals surface area contributed by atoms with Gasteiger partial charge in [0, 0.05) is 17.3 Å². The number of halogens is 1. The average molecular weight is 416 g/mol. The van der Waals surface area contributed by atoms with Crippen LogP contribution in [0.25, 0.3) is 0 Å². The molecule has 1 aliphatic rings. The molecule has 0 unspecified atom stereocenters. The summed E-state index contributed by atoms with van der Waals surface area (Å²) < 4.78 is 5.29. The number of methoxy groups -OCH3 is 1. The van der Waals surface area contributed by atoms with Crippen LogP contribution in [-0.2, 0) is 9.59 Å². The van der Waals surface area contributed by atoms with Crippen molar-refractivity contribution in [1.29, 1.82) is 0 Å². The highest BCUT2D eigenvalue weighted by atomic mass is 35.5. The summed E-state index contributed by atoms with van der Waals surface area (Å²) in [5, 5.41) is 6.37. The Morgan fingerprint density at radius 1 is 1.17 bits per heavy atom. The first kappa shape index (κ1) is 21.1. The molecule has 2 aromatic carbocycles. The van der Waals surface area contributed by atoms with Crippen molar-refractivity contribution in [3.63, 3.8) is 0 Å². The number of hydrogen-bond acceptors (Lipinski definition) is 4. The van der Waals surface area contributed by atoms with Crippen LogP contribution in [0.5, 0.6) is 5.75 Å². The molecule has 154 valence electrons. The molecule has 2 atom stereocenters. The minimum absolute atomic E-state index is 0.00924. The first-order chi connectivity index (χ1) is 14.0. The molecule has 0 radical (unpaired) electrons. The highest BCUT2D eigenvalue weighted by molar-refractivity contribution is 6.31. The lowest BCUT2D eigenvalue weighted by Gasteiger charge is -2.35.